The first-order chi connectivity index (χ1) is 13.5. The van der Waals surface area contributed by atoms with E-state index in [4.69, 9.17) is 0 Å². The van der Waals surface area contributed by atoms with E-state index in [9.17, 15) is 14.4 Å². The van der Waals surface area contributed by atoms with Gasteiger partial charge in [0, 0.05) is 30.2 Å². The van der Waals surface area contributed by atoms with Crippen molar-refractivity contribution in [1.82, 2.24) is 25.4 Å². The SMILES string of the molecule is CN(C)CCCNC(=O)CC1NC(=O)N(CCc2c[nH]c3ccccc23)C1=O. The third-order valence-corrected chi connectivity index (χ3v) is 4.88. The summed E-state index contributed by atoms with van der Waals surface area (Å²) >= 11 is 0. The van der Waals surface area contributed by atoms with Crippen LogP contribution in [0.4, 0.5) is 4.79 Å². The number of benzene rings is 1. The second-order valence-corrected chi connectivity index (χ2v) is 7.31. The molecule has 1 aliphatic heterocycles. The Hall–Kier alpha value is -2.87. The number of nitrogens with zero attached hydrogens (tertiary/aromatic N) is 2. The number of H-pyrrole nitrogens is 1. The first kappa shape index (κ1) is 19.9. The summed E-state index contributed by atoms with van der Waals surface area (Å²) in [7, 11) is 3.94. The topological polar surface area (TPSA) is 97.5 Å². The molecular formula is C20H27N5O3. The van der Waals surface area contributed by atoms with Crippen molar-refractivity contribution in [3.05, 3.63) is 36.0 Å². The number of aromatic nitrogens is 1. The van der Waals surface area contributed by atoms with E-state index >= 15 is 0 Å². The lowest BCUT2D eigenvalue weighted by molar-refractivity contribution is -0.130. The van der Waals surface area contributed by atoms with Crippen molar-refractivity contribution in [2.45, 2.75) is 25.3 Å². The maximum Gasteiger partial charge on any atom is 0.324 e. The molecule has 0 radical (unpaired) electrons. The predicted molar refractivity (Wildman–Crippen MR) is 107 cm³/mol. The molecule has 1 saturated heterocycles. The van der Waals surface area contributed by atoms with E-state index in [-0.39, 0.29) is 24.8 Å². The lowest BCUT2D eigenvalue weighted by atomic mass is 10.1. The van der Waals surface area contributed by atoms with Crippen LogP contribution in [-0.4, -0.2) is 72.4 Å². The number of urea groups is 1. The zero-order valence-corrected chi connectivity index (χ0v) is 16.3. The van der Waals surface area contributed by atoms with Crippen molar-refractivity contribution in [2.24, 2.45) is 0 Å². The molecule has 1 fully saturated rings. The fourth-order valence-electron chi connectivity index (χ4n) is 3.38. The number of para-hydroxylation sites is 1. The molecule has 3 rings (SSSR count). The van der Waals surface area contributed by atoms with Gasteiger partial charge in [-0.15, -0.1) is 0 Å². The molecule has 8 nitrogen and oxygen atoms in total. The molecule has 28 heavy (non-hydrogen) atoms. The lowest BCUT2D eigenvalue weighted by Crippen LogP contribution is -2.37. The molecule has 1 unspecified atom stereocenters. The van der Waals surface area contributed by atoms with Gasteiger partial charge in [0.05, 0.1) is 6.42 Å². The Morgan fingerprint density at radius 3 is 2.82 bits per heavy atom. The van der Waals surface area contributed by atoms with Crippen LogP contribution in [0.25, 0.3) is 10.9 Å². The van der Waals surface area contributed by atoms with Crippen molar-refractivity contribution in [3.8, 4) is 0 Å². The first-order valence-electron chi connectivity index (χ1n) is 9.54. The Morgan fingerprint density at radius 1 is 1.25 bits per heavy atom. The van der Waals surface area contributed by atoms with Gasteiger partial charge in [0.2, 0.25) is 5.91 Å². The maximum absolute atomic E-state index is 12.5. The number of carbonyl (C=O) groups is 3. The minimum Gasteiger partial charge on any atom is -0.361 e. The normalized spacial score (nSPS) is 16.8. The number of amides is 4. The smallest absolute Gasteiger partial charge is 0.324 e. The predicted octanol–water partition coefficient (Wildman–Crippen LogP) is 1.09. The minimum absolute atomic E-state index is 0.0316. The number of hydrogen-bond donors (Lipinski definition) is 3. The Bertz CT molecular complexity index is 860. The highest BCUT2D eigenvalue weighted by molar-refractivity contribution is 6.05. The van der Waals surface area contributed by atoms with Gasteiger partial charge in [-0.3, -0.25) is 14.5 Å². The van der Waals surface area contributed by atoms with E-state index in [1.54, 1.807) is 0 Å². The van der Waals surface area contributed by atoms with Gasteiger partial charge >= 0.3 is 6.03 Å². The molecule has 3 N–H and O–H groups in total. The van der Waals surface area contributed by atoms with Crippen molar-refractivity contribution in [1.29, 1.82) is 0 Å². The average Bonchev–Trinajstić information content (AvgIpc) is 3.18. The standard InChI is InChI=1S/C20H27N5O3/c1-24(2)10-5-9-21-18(26)12-17-19(27)25(20(28)23-17)11-8-14-13-22-16-7-4-3-6-15(14)16/h3-4,6-7,13,17,22H,5,8-12H2,1-2H3,(H,21,26)(H,23,28). The van der Waals surface area contributed by atoms with Gasteiger partial charge in [-0.05, 0) is 45.1 Å². The number of fused-ring (bicyclic) bond motifs is 1. The van der Waals surface area contributed by atoms with Crippen molar-refractivity contribution < 1.29 is 14.4 Å². The zero-order valence-electron chi connectivity index (χ0n) is 16.3. The number of imide groups is 1. The summed E-state index contributed by atoms with van der Waals surface area (Å²) in [5.74, 6) is -0.566. The van der Waals surface area contributed by atoms with Gasteiger partial charge in [0.15, 0.2) is 0 Å². The summed E-state index contributed by atoms with van der Waals surface area (Å²) < 4.78 is 0. The summed E-state index contributed by atoms with van der Waals surface area (Å²) in [6, 6.07) is 6.69. The van der Waals surface area contributed by atoms with Crippen LogP contribution in [0.2, 0.25) is 0 Å². The van der Waals surface area contributed by atoms with Gasteiger partial charge in [0.1, 0.15) is 6.04 Å². The summed E-state index contributed by atoms with van der Waals surface area (Å²) in [5.41, 5.74) is 2.08. The Morgan fingerprint density at radius 2 is 2.04 bits per heavy atom. The molecule has 2 heterocycles. The molecule has 1 aromatic carbocycles. The highest BCUT2D eigenvalue weighted by Crippen LogP contribution is 2.19. The quantitative estimate of drug-likeness (QED) is 0.445. The van der Waals surface area contributed by atoms with E-state index in [1.165, 1.54) is 4.90 Å². The lowest BCUT2D eigenvalue weighted by Gasteiger charge is -2.13. The molecule has 1 atom stereocenters. The van der Waals surface area contributed by atoms with Gasteiger partial charge in [-0.2, -0.15) is 0 Å². The van der Waals surface area contributed by atoms with Crippen LogP contribution in [0, 0.1) is 0 Å². The number of nitrogens with one attached hydrogen (secondary N) is 3. The first-order valence-corrected chi connectivity index (χ1v) is 9.54. The second-order valence-electron chi connectivity index (χ2n) is 7.31. The van der Waals surface area contributed by atoms with Crippen LogP contribution in [-0.2, 0) is 16.0 Å². The number of hydrogen-bond acceptors (Lipinski definition) is 4. The third-order valence-electron chi connectivity index (χ3n) is 4.88. The van der Waals surface area contributed by atoms with E-state index in [2.05, 4.69) is 15.6 Å². The monoisotopic (exact) mass is 385 g/mol. The van der Waals surface area contributed by atoms with Gasteiger partial charge < -0.3 is 20.5 Å². The molecule has 0 spiro atoms. The largest absolute Gasteiger partial charge is 0.361 e. The molecule has 0 aliphatic carbocycles. The summed E-state index contributed by atoms with van der Waals surface area (Å²) in [4.78, 5) is 43.2. The molecule has 4 amide bonds. The minimum atomic E-state index is -0.788. The number of carbonyl (C=O) groups excluding carboxylic acids is 3. The van der Waals surface area contributed by atoms with E-state index in [0.717, 1.165) is 29.4 Å². The van der Waals surface area contributed by atoms with Gasteiger partial charge in [0.25, 0.3) is 5.91 Å². The average molecular weight is 385 g/mol. The van der Waals surface area contributed by atoms with Gasteiger partial charge in [-0.25, -0.2) is 4.79 Å². The fourth-order valence-corrected chi connectivity index (χ4v) is 3.38. The van der Waals surface area contributed by atoms with E-state index in [1.807, 2.05) is 49.5 Å². The van der Waals surface area contributed by atoms with Crippen LogP contribution in [0.3, 0.4) is 0 Å². The molecular weight excluding hydrogens is 358 g/mol. The molecule has 1 aromatic heterocycles. The van der Waals surface area contributed by atoms with Crippen LogP contribution < -0.4 is 10.6 Å². The summed E-state index contributed by atoms with van der Waals surface area (Å²) in [6.45, 7) is 1.71. The molecule has 8 heteroatoms. The van der Waals surface area contributed by atoms with Crippen LogP contribution in [0.1, 0.15) is 18.4 Å². The van der Waals surface area contributed by atoms with Crippen LogP contribution >= 0.6 is 0 Å². The Balaban J connectivity index is 1.50. The second kappa shape index (κ2) is 8.88. The molecule has 150 valence electrons. The molecule has 0 bridgehead atoms. The van der Waals surface area contributed by atoms with E-state index < -0.39 is 12.1 Å². The fraction of sp³-hybridized carbons (Fsp3) is 0.450. The molecule has 2 aromatic rings. The molecule has 0 saturated carbocycles. The maximum atomic E-state index is 12.5. The highest BCUT2D eigenvalue weighted by atomic mass is 16.2. The van der Waals surface area contributed by atoms with Gasteiger partial charge in [-0.1, -0.05) is 18.2 Å². The number of aromatic amines is 1. The summed E-state index contributed by atoms with van der Waals surface area (Å²) in [6.07, 6.45) is 3.27. The number of rotatable bonds is 9. The van der Waals surface area contributed by atoms with Crippen LogP contribution in [0.15, 0.2) is 30.5 Å². The Labute approximate surface area is 164 Å². The highest BCUT2D eigenvalue weighted by Gasteiger charge is 2.38. The third kappa shape index (κ3) is 4.69. The van der Waals surface area contributed by atoms with Crippen LogP contribution in [0.5, 0.6) is 0 Å². The molecule has 1 aliphatic rings. The van der Waals surface area contributed by atoms with Crippen molar-refractivity contribution >= 4 is 28.7 Å². The zero-order chi connectivity index (χ0) is 20.1. The summed E-state index contributed by atoms with van der Waals surface area (Å²) in [5, 5.41) is 6.51. The van der Waals surface area contributed by atoms with Crippen molar-refractivity contribution in [3.63, 3.8) is 0 Å². The van der Waals surface area contributed by atoms with E-state index in [0.29, 0.717) is 13.0 Å². The Kier molecular flexibility index (Phi) is 6.30. The van der Waals surface area contributed by atoms with Crippen molar-refractivity contribution in [2.75, 3.05) is 33.7 Å².